The number of carboxylic acid groups (broad SMARTS) is 1. The molecule has 1 saturated carbocycles. The average molecular weight is 392 g/mol. The molecular weight excluding hydrogens is 378 g/mol. The normalized spacial score (nSPS) is 16.4. The van der Waals surface area contributed by atoms with Crippen molar-refractivity contribution in [1.82, 2.24) is 9.55 Å². The summed E-state index contributed by atoms with van der Waals surface area (Å²) in [6, 6.07) is 4.50. The number of halogens is 6. The number of aromatic carboxylic acids is 1. The van der Waals surface area contributed by atoms with Gasteiger partial charge in [-0.05, 0) is 31.4 Å². The number of carboxylic acids is 1. The summed E-state index contributed by atoms with van der Waals surface area (Å²) >= 11 is 0. The largest absolute Gasteiger partial charge is 0.476 e. The molecule has 0 bridgehead atoms. The third kappa shape index (κ3) is 3.17. The van der Waals surface area contributed by atoms with Crippen LogP contribution in [0, 0.1) is 6.92 Å². The van der Waals surface area contributed by atoms with Crippen LogP contribution >= 0.6 is 0 Å². The molecule has 10 heteroatoms. The van der Waals surface area contributed by atoms with Crippen LogP contribution in [-0.4, -0.2) is 26.8 Å². The Morgan fingerprint density at radius 3 is 2.26 bits per heavy atom. The van der Waals surface area contributed by atoms with Crippen LogP contribution in [0.2, 0.25) is 0 Å². The Morgan fingerprint density at radius 2 is 1.78 bits per heavy atom. The first kappa shape index (κ1) is 19.2. The molecule has 1 aromatic carbocycles. The fourth-order valence-corrected chi connectivity index (χ4v) is 3.16. The highest BCUT2D eigenvalue weighted by molar-refractivity contribution is 5.86. The maximum absolute atomic E-state index is 13.5. The maximum Gasteiger partial charge on any atom is 0.416 e. The van der Waals surface area contributed by atoms with E-state index in [4.69, 9.17) is 0 Å². The van der Waals surface area contributed by atoms with Gasteiger partial charge in [0.05, 0.1) is 5.56 Å². The van der Waals surface area contributed by atoms with Gasteiger partial charge in [-0.25, -0.2) is 9.78 Å². The summed E-state index contributed by atoms with van der Waals surface area (Å²) in [7, 11) is 0. The average Bonchev–Trinajstić information content (AvgIpc) is 3.29. The molecule has 2 aromatic rings. The number of alkyl halides is 6. The van der Waals surface area contributed by atoms with E-state index in [1.54, 1.807) is 0 Å². The Hall–Kier alpha value is -2.52. The van der Waals surface area contributed by atoms with Gasteiger partial charge in [0, 0.05) is 12.2 Å². The zero-order valence-corrected chi connectivity index (χ0v) is 13.9. The molecule has 0 saturated heterocycles. The number of hydrogen-bond donors (Lipinski definition) is 1. The topological polar surface area (TPSA) is 55.1 Å². The predicted molar refractivity (Wildman–Crippen MR) is 81.4 cm³/mol. The third-order valence-corrected chi connectivity index (χ3v) is 4.80. The van der Waals surface area contributed by atoms with Crippen molar-refractivity contribution in [2.75, 3.05) is 0 Å². The summed E-state index contributed by atoms with van der Waals surface area (Å²) in [5, 5.41) is 9.21. The minimum atomic E-state index is -4.69. The number of aromatic nitrogens is 2. The van der Waals surface area contributed by atoms with E-state index in [-0.39, 0.29) is 24.1 Å². The van der Waals surface area contributed by atoms with Gasteiger partial charge in [0.15, 0.2) is 5.69 Å². The highest BCUT2D eigenvalue weighted by Gasteiger charge is 2.67. The molecule has 0 radical (unpaired) electrons. The van der Waals surface area contributed by atoms with Gasteiger partial charge in [0.2, 0.25) is 0 Å². The van der Waals surface area contributed by atoms with E-state index in [2.05, 4.69) is 4.98 Å². The fraction of sp³-hybridized carbons (Fsp3) is 0.412. The van der Waals surface area contributed by atoms with Crippen LogP contribution in [-0.2, 0) is 18.1 Å². The fourth-order valence-electron chi connectivity index (χ4n) is 3.16. The third-order valence-electron chi connectivity index (χ3n) is 4.80. The van der Waals surface area contributed by atoms with Crippen molar-refractivity contribution in [3.05, 3.63) is 52.6 Å². The lowest BCUT2D eigenvalue weighted by Gasteiger charge is -2.22. The van der Waals surface area contributed by atoms with Crippen LogP contribution in [0.4, 0.5) is 26.3 Å². The van der Waals surface area contributed by atoms with E-state index < -0.39 is 47.4 Å². The summed E-state index contributed by atoms with van der Waals surface area (Å²) in [5.74, 6) is -2.09. The maximum atomic E-state index is 13.5. The van der Waals surface area contributed by atoms with Crippen LogP contribution < -0.4 is 0 Å². The van der Waals surface area contributed by atoms with E-state index in [0.29, 0.717) is 0 Å². The SMILES string of the molecule is Cc1c(C(=O)O)nc(C2(C(F)(F)F)CC2)n1Cc1ccccc1C(F)(F)F. The van der Waals surface area contributed by atoms with E-state index in [9.17, 15) is 36.2 Å². The second kappa shape index (κ2) is 6.00. The van der Waals surface area contributed by atoms with Crippen molar-refractivity contribution in [3.8, 4) is 0 Å². The zero-order valence-electron chi connectivity index (χ0n) is 13.9. The van der Waals surface area contributed by atoms with Crippen molar-refractivity contribution in [3.63, 3.8) is 0 Å². The van der Waals surface area contributed by atoms with Gasteiger partial charge in [0.25, 0.3) is 0 Å². The van der Waals surface area contributed by atoms with Crippen molar-refractivity contribution in [2.45, 2.75) is 44.1 Å². The Labute approximate surface area is 149 Å². The van der Waals surface area contributed by atoms with Gasteiger partial charge in [-0.1, -0.05) is 18.2 Å². The molecular formula is C17H14F6N2O2. The van der Waals surface area contributed by atoms with Crippen molar-refractivity contribution < 1.29 is 36.2 Å². The number of hydrogen-bond acceptors (Lipinski definition) is 2. The van der Waals surface area contributed by atoms with Crippen LogP contribution in [0.1, 0.15) is 46.0 Å². The summed E-state index contributed by atoms with van der Waals surface area (Å²) in [6.45, 7) is 0.678. The van der Waals surface area contributed by atoms with Crippen molar-refractivity contribution in [2.24, 2.45) is 0 Å². The smallest absolute Gasteiger partial charge is 0.416 e. The van der Waals surface area contributed by atoms with Gasteiger partial charge < -0.3 is 9.67 Å². The number of imidazole rings is 1. The quantitative estimate of drug-likeness (QED) is 0.777. The van der Waals surface area contributed by atoms with Crippen LogP contribution in [0.5, 0.6) is 0 Å². The van der Waals surface area contributed by atoms with E-state index in [1.807, 2.05) is 0 Å². The highest BCUT2D eigenvalue weighted by Crippen LogP contribution is 2.58. The first-order valence-electron chi connectivity index (χ1n) is 7.91. The van der Waals surface area contributed by atoms with Gasteiger partial charge in [-0.15, -0.1) is 0 Å². The molecule has 0 spiro atoms. The molecule has 1 aliphatic carbocycles. The first-order chi connectivity index (χ1) is 12.4. The molecule has 3 rings (SSSR count). The molecule has 0 aliphatic heterocycles. The lowest BCUT2D eigenvalue weighted by molar-refractivity contribution is -0.163. The molecule has 27 heavy (non-hydrogen) atoms. The number of benzene rings is 1. The van der Waals surface area contributed by atoms with Crippen LogP contribution in [0.3, 0.4) is 0 Å². The van der Waals surface area contributed by atoms with Crippen LogP contribution in [0.25, 0.3) is 0 Å². The molecule has 146 valence electrons. The first-order valence-corrected chi connectivity index (χ1v) is 7.91. The molecule has 1 heterocycles. The van der Waals surface area contributed by atoms with Crippen molar-refractivity contribution in [1.29, 1.82) is 0 Å². The molecule has 1 fully saturated rings. The summed E-state index contributed by atoms with van der Waals surface area (Å²) in [5.41, 5.74) is -4.28. The lowest BCUT2D eigenvalue weighted by Crippen LogP contribution is -2.32. The molecule has 1 aromatic heterocycles. The summed E-state index contributed by atoms with van der Waals surface area (Å²) in [6.07, 6.45) is -9.94. The van der Waals surface area contributed by atoms with E-state index in [0.717, 1.165) is 16.7 Å². The molecule has 0 amide bonds. The minimum Gasteiger partial charge on any atom is -0.476 e. The number of carbonyl (C=O) groups is 1. The van der Waals surface area contributed by atoms with E-state index >= 15 is 0 Å². The van der Waals surface area contributed by atoms with Crippen molar-refractivity contribution >= 4 is 5.97 Å². The molecule has 1 aliphatic rings. The minimum absolute atomic E-state index is 0.120. The Kier molecular flexibility index (Phi) is 4.28. The van der Waals surface area contributed by atoms with Gasteiger partial charge >= 0.3 is 18.3 Å². The molecule has 4 nitrogen and oxygen atoms in total. The summed E-state index contributed by atoms with van der Waals surface area (Å²) < 4.78 is 81.2. The molecule has 1 N–H and O–H groups in total. The highest BCUT2D eigenvalue weighted by atomic mass is 19.4. The van der Waals surface area contributed by atoms with Gasteiger partial charge in [-0.2, -0.15) is 26.3 Å². The summed E-state index contributed by atoms with van der Waals surface area (Å²) in [4.78, 5) is 15.0. The van der Waals surface area contributed by atoms with Gasteiger partial charge in [-0.3, -0.25) is 0 Å². The zero-order chi connectivity index (χ0) is 20.2. The number of nitrogens with zero attached hydrogens (tertiary/aromatic N) is 2. The monoisotopic (exact) mass is 392 g/mol. The Morgan fingerprint density at radius 1 is 1.19 bits per heavy atom. The Bertz CT molecular complexity index is 894. The lowest BCUT2D eigenvalue weighted by atomic mass is 10.0. The number of rotatable bonds is 4. The van der Waals surface area contributed by atoms with E-state index in [1.165, 1.54) is 19.1 Å². The van der Waals surface area contributed by atoms with Gasteiger partial charge in [0.1, 0.15) is 11.2 Å². The second-order valence-corrected chi connectivity index (χ2v) is 6.50. The predicted octanol–water partition coefficient (Wildman–Crippen LogP) is 4.55. The molecule has 0 unspecified atom stereocenters. The Balaban J connectivity index is 2.16. The standard InChI is InChI=1S/C17H14F6N2O2/c1-9-12(13(26)27)24-14(15(6-7-15)17(21,22)23)25(9)8-10-4-2-3-5-11(10)16(18,19)20/h2-5H,6-8H2,1H3,(H,26,27). The second-order valence-electron chi connectivity index (χ2n) is 6.50. The van der Waals surface area contributed by atoms with Crippen LogP contribution in [0.15, 0.2) is 24.3 Å². The molecule has 0 atom stereocenters.